The number of phenolic OH excluding ortho intramolecular Hbond substituents is 1. The van der Waals surface area contributed by atoms with Gasteiger partial charge in [0.25, 0.3) is 0 Å². The predicted molar refractivity (Wildman–Crippen MR) is 133 cm³/mol. The van der Waals surface area contributed by atoms with E-state index in [0.29, 0.717) is 17.9 Å². The van der Waals surface area contributed by atoms with E-state index in [2.05, 4.69) is 4.90 Å². The molecule has 2 aliphatic heterocycles. The van der Waals surface area contributed by atoms with Crippen molar-refractivity contribution in [1.29, 1.82) is 0 Å². The molecule has 1 saturated heterocycles. The van der Waals surface area contributed by atoms with E-state index >= 15 is 0 Å². The second kappa shape index (κ2) is 9.88. The van der Waals surface area contributed by atoms with Gasteiger partial charge in [-0.05, 0) is 60.5 Å². The van der Waals surface area contributed by atoms with Crippen molar-refractivity contribution in [3.8, 4) is 17.2 Å². The number of hydrogen-bond donors (Lipinski definition) is 1. The number of phenols is 1. The van der Waals surface area contributed by atoms with Crippen molar-refractivity contribution in [1.82, 2.24) is 4.90 Å². The Balaban J connectivity index is 1.40. The number of aromatic hydroxyl groups is 1. The number of rotatable bonds is 7. The average molecular weight is 498 g/mol. The number of allylic oxidation sites excluding steroid dienone is 1. The van der Waals surface area contributed by atoms with Gasteiger partial charge < -0.3 is 14.6 Å². The molecule has 0 saturated carbocycles. The highest BCUT2D eigenvalue weighted by Crippen LogP contribution is 2.48. The van der Waals surface area contributed by atoms with Crippen LogP contribution in [-0.2, 0) is 0 Å². The van der Waals surface area contributed by atoms with E-state index in [1.54, 1.807) is 24.3 Å². The van der Waals surface area contributed by atoms with Crippen molar-refractivity contribution in [2.24, 2.45) is 5.92 Å². The molecular weight excluding hydrogens is 472 g/mol. The van der Waals surface area contributed by atoms with E-state index in [4.69, 9.17) is 21.1 Å². The Morgan fingerprint density at radius 3 is 2.54 bits per heavy atom. The number of ether oxygens (including phenoxy) is 2. The lowest BCUT2D eigenvalue weighted by Gasteiger charge is -2.37. The largest absolute Gasteiger partial charge is 0.508 e. The number of hydrogen-bond acceptors (Lipinski definition) is 4. The highest BCUT2D eigenvalue weighted by Gasteiger charge is 2.31. The molecule has 0 aliphatic carbocycles. The standard InChI is InChI=1S/C28H26ClF2NO3/c1-17-24-13-21(33)5-9-26(24)35-28(27(17)23-8-4-20(31)12-25(23)29)19-2-6-22(7-3-19)34-11-10-32-15-18(14-30)16-32/h2-9,12-13,18,28,33H,10-11,14-16H2,1H3/t28-/m1/s1. The van der Waals surface area contributed by atoms with E-state index in [1.807, 2.05) is 31.2 Å². The Kier molecular flexibility index (Phi) is 6.67. The molecule has 0 aromatic heterocycles. The zero-order valence-corrected chi connectivity index (χ0v) is 20.1. The van der Waals surface area contributed by atoms with Gasteiger partial charge >= 0.3 is 0 Å². The summed E-state index contributed by atoms with van der Waals surface area (Å²) in [5.41, 5.74) is 4.02. The average Bonchev–Trinajstić information content (AvgIpc) is 2.82. The smallest absolute Gasteiger partial charge is 0.150 e. The summed E-state index contributed by atoms with van der Waals surface area (Å²) in [5.74, 6) is 1.27. The summed E-state index contributed by atoms with van der Waals surface area (Å²) < 4.78 is 38.6. The SMILES string of the molecule is CC1=C(c2ccc(F)cc2Cl)[C@@H](c2ccc(OCCN3CC(CF)C3)cc2)Oc2ccc(O)cc21. The van der Waals surface area contributed by atoms with Crippen molar-refractivity contribution in [3.63, 3.8) is 0 Å². The van der Waals surface area contributed by atoms with Gasteiger partial charge in [0.2, 0.25) is 0 Å². The first kappa shape index (κ1) is 23.6. The maximum atomic E-state index is 13.8. The maximum Gasteiger partial charge on any atom is 0.150 e. The molecule has 0 unspecified atom stereocenters. The number of halogens is 3. The van der Waals surface area contributed by atoms with Gasteiger partial charge in [0, 0.05) is 42.3 Å². The van der Waals surface area contributed by atoms with Crippen molar-refractivity contribution >= 4 is 22.7 Å². The van der Waals surface area contributed by atoms with Crippen LogP contribution in [0.25, 0.3) is 11.1 Å². The Morgan fingerprint density at radius 1 is 1.06 bits per heavy atom. The van der Waals surface area contributed by atoms with Gasteiger partial charge in [-0.25, -0.2) is 4.39 Å². The van der Waals surface area contributed by atoms with Crippen LogP contribution in [0.5, 0.6) is 17.2 Å². The van der Waals surface area contributed by atoms with Crippen LogP contribution in [0, 0.1) is 11.7 Å². The second-order valence-electron chi connectivity index (χ2n) is 9.04. The third-order valence-electron chi connectivity index (χ3n) is 6.61. The molecule has 2 aliphatic rings. The predicted octanol–water partition coefficient (Wildman–Crippen LogP) is 6.53. The fourth-order valence-electron chi connectivity index (χ4n) is 4.72. The minimum absolute atomic E-state index is 0.134. The van der Waals surface area contributed by atoms with E-state index in [9.17, 15) is 13.9 Å². The molecule has 1 atom stereocenters. The Morgan fingerprint density at radius 2 is 1.83 bits per heavy atom. The van der Waals surface area contributed by atoms with Crippen LogP contribution in [0.3, 0.4) is 0 Å². The van der Waals surface area contributed by atoms with Gasteiger partial charge in [-0.3, -0.25) is 9.29 Å². The number of benzene rings is 3. The first-order valence-electron chi connectivity index (χ1n) is 11.6. The number of nitrogens with zero attached hydrogens (tertiary/aromatic N) is 1. The summed E-state index contributed by atoms with van der Waals surface area (Å²) >= 11 is 6.46. The van der Waals surface area contributed by atoms with Crippen molar-refractivity contribution < 1.29 is 23.4 Å². The molecule has 35 heavy (non-hydrogen) atoms. The van der Waals surface area contributed by atoms with Crippen molar-refractivity contribution in [2.45, 2.75) is 13.0 Å². The molecule has 0 spiro atoms. The monoisotopic (exact) mass is 497 g/mol. The van der Waals surface area contributed by atoms with Gasteiger partial charge in [-0.1, -0.05) is 29.8 Å². The summed E-state index contributed by atoms with van der Waals surface area (Å²) in [6.45, 7) is 4.57. The lowest BCUT2D eigenvalue weighted by atomic mass is 9.86. The van der Waals surface area contributed by atoms with E-state index in [-0.39, 0.29) is 23.4 Å². The highest BCUT2D eigenvalue weighted by atomic mass is 35.5. The van der Waals surface area contributed by atoms with Gasteiger partial charge in [0.1, 0.15) is 35.8 Å². The summed E-state index contributed by atoms with van der Waals surface area (Å²) in [4.78, 5) is 2.18. The number of likely N-dealkylation sites (tertiary alicyclic amines) is 1. The molecule has 3 aromatic carbocycles. The van der Waals surface area contributed by atoms with E-state index in [1.165, 1.54) is 12.1 Å². The zero-order chi connectivity index (χ0) is 24.5. The van der Waals surface area contributed by atoms with Crippen LogP contribution < -0.4 is 9.47 Å². The lowest BCUT2D eigenvalue weighted by Crippen LogP contribution is -2.49. The van der Waals surface area contributed by atoms with Gasteiger partial charge in [0.15, 0.2) is 0 Å². The molecule has 0 radical (unpaired) electrons. The molecule has 0 amide bonds. The molecule has 1 fully saturated rings. The van der Waals surface area contributed by atoms with Gasteiger partial charge in [0.05, 0.1) is 11.7 Å². The van der Waals surface area contributed by atoms with E-state index in [0.717, 1.165) is 47.7 Å². The van der Waals surface area contributed by atoms with Crippen LogP contribution in [0.2, 0.25) is 5.02 Å². The molecule has 182 valence electrons. The molecule has 3 aromatic rings. The Hall–Kier alpha value is -3.09. The van der Waals surface area contributed by atoms with Crippen molar-refractivity contribution in [3.05, 3.63) is 88.2 Å². The number of alkyl halides is 1. The second-order valence-corrected chi connectivity index (χ2v) is 9.45. The van der Waals surface area contributed by atoms with Crippen LogP contribution >= 0.6 is 11.6 Å². The Labute approximate surface area is 208 Å². The first-order chi connectivity index (χ1) is 16.9. The Bertz CT molecular complexity index is 1260. The minimum Gasteiger partial charge on any atom is -0.508 e. The summed E-state index contributed by atoms with van der Waals surface area (Å²) in [7, 11) is 0. The molecular formula is C28H26ClF2NO3. The fourth-order valence-corrected chi connectivity index (χ4v) is 4.98. The molecule has 2 heterocycles. The maximum absolute atomic E-state index is 13.8. The van der Waals surface area contributed by atoms with Crippen LogP contribution in [0.4, 0.5) is 8.78 Å². The summed E-state index contributed by atoms with van der Waals surface area (Å²) in [6.07, 6.45) is -0.484. The third kappa shape index (κ3) is 4.86. The van der Waals surface area contributed by atoms with Crippen molar-refractivity contribution in [2.75, 3.05) is 32.9 Å². The topological polar surface area (TPSA) is 41.9 Å². The van der Waals surface area contributed by atoms with E-state index < -0.39 is 11.9 Å². The van der Waals surface area contributed by atoms with Crippen LogP contribution in [-0.4, -0.2) is 42.9 Å². The molecule has 5 rings (SSSR count). The lowest BCUT2D eigenvalue weighted by molar-refractivity contribution is 0.0668. The third-order valence-corrected chi connectivity index (χ3v) is 6.92. The first-order valence-corrected chi connectivity index (χ1v) is 12.0. The fraction of sp³-hybridized carbons (Fsp3) is 0.286. The molecule has 0 bridgehead atoms. The quantitative estimate of drug-likeness (QED) is 0.403. The van der Waals surface area contributed by atoms with Gasteiger partial charge in [-0.15, -0.1) is 0 Å². The zero-order valence-electron chi connectivity index (χ0n) is 19.3. The van der Waals surface area contributed by atoms with Crippen LogP contribution in [0.1, 0.15) is 29.7 Å². The minimum atomic E-state index is -0.484. The molecule has 1 N–H and O–H groups in total. The van der Waals surface area contributed by atoms with Gasteiger partial charge in [-0.2, -0.15) is 0 Å². The molecule has 4 nitrogen and oxygen atoms in total. The summed E-state index contributed by atoms with van der Waals surface area (Å²) in [6, 6.07) is 17.0. The van der Waals surface area contributed by atoms with Crippen LogP contribution in [0.15, 0.2) is 60.7 Å². The summed E-state index contributed by atoms with van der Waals surface area (Å²) in [5, 5.41) is 10.3. The number of fused-ring (bicyclic) bond motifs is 1. The molecule has 7 heteroatoms. The highest BCUT2D eigenvalue weighted by molar-refractivity contribution is 6.32. The normalized spacial score (nSPS) is 18.1.